The Morgan fingerprint density at radius 1 is 1.00 bits per heavy atom. The zero-order valence-corrected chi connectivity index (χ0v) is 17.4. The van der Waals surface area contributed by atoms with Crippen LogP contribution in [0.2, 0.25) is 0 Å². The van der Waals surface area contributed by atoms with Crippen LogP contribution in [-0.2, 0) is 11.8 Å². The largest absolute Gasteiger partial charge is 0.300 e. The van der Waals surface area contributed by atoms with Crippen LogP contribution in [-0.4, -0.2) is 20.4 Å². The summed E-state index contributed by atoms with van der Waals surface area (Å²) >= 11 is 1.22. The zero-order valence-electron chi connectivity index (χ0n) is 16.6. The molecule has 0 bridgehead atoms. The Morgan fingerprint density at radius 2 is 1.67 bits per heavy atom. The van der Waals surface area contributed by atoms with Crippen molar-refractivity contribution in [2.75, 3.05) is 0 Å². The van der Waals surface area contributed by atoms with Crippen LogP contribution in [0.15, 0.2) is 87.5 Å². The number of nitrogens with one attached hydrogen (secondary N) is 1. The summed E-state index contributed by atoms with van der Waals surface area (Å²) < 4.78 is 3.33. The third-order valence-corrected chi connectivity index (χ3v) is 5.65. The number of aliphatic imine (C=N–C) groups is 1. The summed E-state index contributed by atoms with van der Waals surface area (Å²) in [5.41, 5.74) is 2.60. The molecule has 0 atom stereocenters. The number of carbonyl (C=O) groups is 1. The molecule has 0 aliphatic carbocycles. The maximum absolute atomic E-state index is 13.0. The van der Waals surface area contributed by atoms with E-state index in [1.807, 2.05) is 86.8 Å². The maximum Gasteiger partial charge on any atom is 0.297 e. The first-order valence-corrected chi connectivity index (χ1v) is 10.2. The summed E-state index contributed by atoms with van der Waals surface area (Å²) in [6.45, 7) is 1.83. The van der Waals surface area contributed by atoms with Gasteiger partial charge >= 0.3 is 0 Å². The molecule has 0 saturated carbocycles. The number of hydrogen-bond acceptors (Lipinski definition) is 4. The predicted molar refractivity (Wildman–Crippen MR) is 122 cm³/mol. The fraction of sp³-hybridized carbons (Fsp3) is 0.0870. The molecule has 1 saturated heterocycles. The Labute approximate surface area is 178 Å². The maximum atomic E-state index is 13.0. The normalized spacial score (nSPS) is 16.7. The Bertz CT molecular complexity index is 1240. The topological polar surface area (TPSA) is 68.4 Å². The van der Waals surface area contributed by atoms with Gasteiger partial charge in [-0.3, -0.25) is 14.3 Å². The molecule has 3 aromatic rings. The van der Waals surface area contributed by atoms with Crippen LogP contribution >= 0.6 is 11.8 Å². The van der Waals surface area contributed by atoms with Crippen LogP contribution in [0.5, 0.6) is 0 Å². The van der Waals surface area contributed by atoms with E-state index in [9.17, 15) is 9.59 Å². The van der Waals surface area contributed by atoms with E-state index >= 15 is 0 Å². The van der Waals surface area contributed by atoms with E-state index in [1.54, 1.807) is 15.4 Å². The summed E-state index contributed by atoms with van der Waals surface area (Å²) in [5.74, 6) is -0.228. The van der Waals surface area contributed by atoms with Gasteiger partial charge in [-0.05, 0) is 42.5 Å². The number of hydrogen-bond donors (Lipinski definition) is 1. The van der Waals surface area contributed by atoms with Gasteiger partial charge < -0.3 is 5.32 Å². The molecule has 0 unspecified atom stereocenters. The van der Waals surface area contributed by atoms with Crippen LogP contribution in [0.4, 0.5) is 5.69 Å². The van der Waals surface area contributed by atoms with Gasteiger partial charge in [0.25, 0.3) is 11.5 Å². The van der Waals surface area contributed by atoms with Crippen LogP contribution in [0.3, 0.4) is 0 Å². The molecule has 4 rings (SSSR count). The lowest BCUT2D eigenvalue weighted by Crippen LogP contribution is -2.21. The van der Waals surface area contributed by atoms with Crippen LogP contribution < -0.4 is 10.9 Å². The highest BCUT2D eigenvalue weighted by Crippen LogP contribution is 2.26. The van der Waals surface area contributed by atoms with Gasteiger partial charge in [0.2, 0.25) is 0 Å². The molecule has 1 aliphatic rings. The van der Waals surface area contributed by atoms with Gasteiger partial charge in [0.15, 0.2) is 10.9 Å². The Kier molecular flexibility index (Phi) is 5.54. The fourth-order valence-electron chi connectivity index (χ4n) is 3.09. The van der Waals surface area contributed by atoms with E-state index in [0.717, 1.165) is 11.3 Å². The molecule has 1 N–H and O–H groups in total. The summed E-state index contributed by atoms with van der Waals surface area (Å²) in [7, 11) is 1.81. The summed E-state index contributed by atoms with van der Waals surface area (Å²) in [4.78, 5) is 30.2. The highest BCUT2D eigenvalue weighted by Gasteiger charge is 2.25. The first-order valence-electron chi connectivity index (χ1n) is 9.40. The molecule has 2 heterocycles. The van der Waals surface area contributed by atoms with Crippen molar-refractivity contribution in [3.8, 4) is 5.69 Å². The second kappa shape index (κ2) is 8.42. The van der Waals surface area contributed by atoms with Crippen molar-refractivity contribution in [1.82, 2.24) is 14.7 Å². The monoisotopic (exact) mass is 416 g/mol. The van der Waals surface area contributed by atoms with E-state index < -0.39 is 0 Å². The van der Waals surface area contributed by atoms with Crippen molar-refractivity contribution in [2.24, 2.45) is 12.0 Å². The molecule has 1 amide bonds. The smallest absolute Gasteiger partial charge is 0.297 e. The number of para-hydroxylation sites is 1. The minimum atomic E-state index is -0.232. The highest BCUT2D eigenvalue weighted by molar-refractivity contribution is 8.18. The van der Waals surface area contributed by atoms with Crippen molar-refractivity contribution in [1.29, 1.82) is 0 Å². The fourth-order valence-corrected chi connectivity index (χ4v) is 3.87. The minimum Gasteiger partial charge on any atom is -0.300 e. The summed E-state index contributed by atoms with van der Waals surface area (Å²) in [6, 6.07) is 19.2. The van der Waals surface area contributed by atoms with E-state index in [1.165, 1.54) is 11.8 Å². The average molecular weight is 417 g/mol. The molecule has 7 heteroatoms. The van der Waals surface area contributed by atoms with Gasteiger partial charge in [-0.1, -0.05) is 60.7 Å². The lowest BCUT2D eigenvalue weighted by Gasteiger charge is -2.07. The van der Waals surface area contributed by atoms with Crippen molar-refractivity contribution in [2.45, 2.75) is 6.92 Å². The van der Waals surface area contributed by atoms with Crippen molar-refractivity contribution in [3.05, 3.63) is 99.3 Å². The van der Waals surface area contributed by atoms with E-state index in [4.69, 9.17) is 0 Å². The number of thioether (sulfide) groups is 1. The zero-order chi connectivity index (χ0) is 21.1. The lowest BCUT2D eigenvalue weighted by atomic mass is 10.2. The number of aromatic nitrogens is 2. The molecule has 0 spiro atoms. The Balaban J connectivity index is 1.61. The molecule has 0 radical (unpaired) electrons. The molecule has 1 fully saturated rings. The van der Waals surface area contributed by atoms with Gasteiger partial charge in [0.1, 0.15) is 0 Å². The van der Waals surface area contributed by atoms with Gasteiger partial charge in [-0.25, -0.2) is 9.67 Å². The Morgan fingerprint density at radius 3 is 2.37 bits per heavy atom. The number of carbonyl (C=O) groups excluding carboxylic acids is 1. The molecule has 150 valence electrons. The van der Waals surface area contributed by atoms with Crippen molar-refractivity contribution < 1.29 is 4.79 Å². The highest BCUT2D eigenvalue weighted by atomic mass is 32.2. The SMILES string of the molecule is Cc1c(N=C2NC(=O)/C(=C\C=C\c3ccccc3)S2)c(=O)n(-c2ccccc2)n1C. The lowest BCUT2D eigenvalue weighted by molar-refractivity contribution is -0.115. The van der Waals surface area contributed by atoms with E-state index in [2.05, 4.69) is 10.3 Å². The standard InChI is InChI=1S/C23H20N4O2S/c1-16-20(22(29)27(26(16)2)18-13-7-4-8-14-18)24-23-25-21(28)19(30-23)15-9-12-17-10-5-3-6-11-17/h3-15H,1-2H3,(H,24,25,28)/b12-9+,19-15+. The van der Waals surface area contributed by atoms with Gasteiger partial charge in [0, 0.05) is 7.05 Å². The van der Waals surface area contributed by atoms with Gasteiger partial charge in [0.05, 0.1) is 16.3 Å². The number of amides is 1. The second-order valence-electron chi connectivity index (χ2n) is 6.68. The first kappa shape index (κ1) is 19.7. The molecular weight excluding hydrogens is 396 g/mol. The summed E-state index contributed by atoms with van der Waals surface area (Å²) in [5, 5.41) is 3.13. The van der Waals surface area contributed by atoms with Crippen LogP contribution in [0.1, 0.15) is 11.3 Å². The number of benzene rings is 2. The van der Waals surface area contributed by atoms with E-state index in [-0.39, 0.29) is 11.5 Å². The minimum absolute atomic E-state index is 0.228. The second-order valence-corrected chi connectivity index (χ2v) is 7.71. The average Bonchev–Trinajstić information content (AvgIpc) is 3.21. The molecular formula is C23H20N4O2S. The number of amidine groups is 1. The first-order chi connectivity index (χ1) is 14.5. The third-order valence-electron chi connectivity index (χ3n) is 4.72. The molecule has 30 heavy (non-hydrogen) atoms. The van der Waals surface area contributed by atoms with Crippen molar-refractivity contribution >= 4 is 34.6 Å². The molecule has 1 aromatic heterocycles. The third kappa shape index (κ3) is 3.92. The Hall–Kier alpha value is -3.58. The number of nitrogens with zero attached hydrogens (tertiary/aromatic N) is 3. The van der Waals surface area contributed by atoms with Gasteiger partial charge in [-0.2, -0.15) is 0 Å². The van der Waals surface area contributed by atoms with Crippen LogP contribution in [0.25, 0.3) is 11.8 Å². The molecule has 2 aromatic carbocycles. The van der Waals surface area contributed by atoms with Gasteiger partial charge in [-0.15, -0.1) is 0 Å². The number of allylic oxidation sites excluding steroid dienone is 2. The predicted octanol–water partition coefficient (Wildman–Crippen LogP) is 3.93. The van der Waals surface area contributed by atoms with E-state index in [0.29, 0.717) is 21.5 Å². The quantitative estimate of drug-likeness (QED) is 0.655. The summed E-state index contributed by atoms with van der Waals surface area (Å²) in [6.07, 6.45) is 5.50. The number of rotatable bonds is 4. The van der Waals surface area contributed by atoms with Crippen LogP contribution in [0, 0.1) is 6.92 Å². The molecule has 1 aliphatic heterocycles. The van der Waals surface area contributed by atoms with Crippen molar-refractivity contribution in [3.63, 3.8) is 0 Å². The molecule has 6 nitrogen and oxygen atoms in total.